The number of rotatable bonds is 2. The van der Waals surface area contributed by atoms with Gasteiger partial charge in [-0.25, -0.2) is 0 Å². The lowest BCUT2D eigenvalue weighted by Gasteiger charge is -2.33. The zero-order chi connectivity index (χ0) is 15.9. The maximum atomic E-state index is 12.5. The fourth-order valence-electron chi connectivity index (χ4n) is 3.02. The van der Waals surface area contributed by atoms with E-state index in [4.69, 9.17) is 0 Å². The fourth-order valence-corrected chi connectivity index (χ4v) is 3.02. The molecule has 1 N–H and O–H groups in total. The molecule has 3 amide bonds. The van der Waals surface area contributed by atoms with Gasteiger partial charge in [0.15, 0.2) is 0 Å². The molecule has 2 aliphatic heterocycles. The molecule has 0 bridgehead atoms. The predicted molar refractivity (Wildman–Crippen MR) is 78.2 cm³/mol. The Balaban J connectivity index is 1.79. The summed E-state index contributed by atoms with van der Waals surface area (Å²) in [5, 5.41) is 9.50. The van der Waals surface area contributed by atoms with Gasteiger partial charge in [0.1, 0.15) is 6.04 Å². The van der Waals surface area contributed by atoms with Crippen molar-refractivity contribution in [3.63, 3.8) is 0 Å². The zero-order valence-electron chi connectivity index (χ0n) is 12.4. The van der Waals surface area contributed by atoms with Crippen molar-refractivity contribution in [2.24, 2.45) is 0 Å². The maximum Gasteiger partial charge on any atom is 0.262 e. The lowest BCUT2D eigenvalue weighted by atomic mass is 10.1. The van der Waals surface area contributed by atoms with Crippen LogP contribution >= 0.6 is 0 Å². The summed E-state index contributed by atoms with van der Waals surface area (Å²) < 4.78 is 0. The molecule has 3 rings (SSSR count). The number of piperidine rings is 1. The summed E-state index contributed by atoms with van der Waals surface area (Å²) in [6.07, 6.45) is 0.680. The van der Waals surface area contributed by atoms with Crippen LogP contribution in [0.25, 0.3) is 0 Å². The summed E-state index contributed by atoms with van der Waals surface area (Å²) >= 11 is 0. The van der Waals surface area contributed by atoms with Gasteiger partial charge >= 0.3 is 0 Å². The molecule has 1 saturated heterocycles. The van der Waals surface area contributed by atoms with E-state index in [0.29, 0.717) is 37.1 Å². The van der Waals surface area contributed by atoms with E-state index < -0.39 is 17.9 Å². The van der Waals surface area contributed by atoms with Crippen LogP contribution in [0, 0.1) is 0 Å². The average molecular weight is 302 g/mol. The second-order valence-corrected chi connectivity index (χ2v) is 5.76. The number of hydrogen-bond donors (Lipinski definition) is 1. The Morgan fingerprint density at radius 3 is 2.14 bits per heavy atom. The molecule has 0 spiro atoms. The van der Waals surface area contributed by atoms with E-state index in [1.54, 1.807) is 36.1 Å². The number of fused-ring (bicyclic) bond motifs is 1. The normalized spacial score (nSPS) is 20.3. The second kappa shape index (κ2) is 5.53. The molecule has 116 valence electrons. The summed E-state index contributed by atoms with van der Waals surface area (Å²) in [4.78, 5) is 39.9. The fraction of sp³-hybridized carbons (Fsp3) is 0.438. The minimum atomic E-state index is -0.831. The molecule has 1 aromatic carbocycles. The van der Waals surface area contributed by atoms with Crippen LogP contribution in [-0.2, 0) is 4.79 Å². The lowest BCUT2D eigenvalue weighted by Crippen LogP contribution is -2.51. The Hall–Kier alpha value is -2.21. The minimum absolute atomic E-state index is 0.249. The van der Waals surface area contributed by atoms with Crippen LogP contribution in [-0.4, -0.2) is 57.9 Å². The van der Waals surface area contributed by atoms with Crippen LogP contribution in [0.3, 0.4) is 0 Å². The van der Waals surface area contributed by atoms with E-state index in [1.807, 2.05) is 0 Å². The minimum Gasteiger partial charge on any atom is -0.393 e. The number of hydrogen-bond acceptors (Lipinski definition) is 4. The van der Waals surface area contributed by atoms with E-state index in [-0.39, 0.29) is 12.0 Å². The smallest absolute Gasteiger partial charge is 0.262 e. The highest BCUT2D eigenvalue weighted by atomic mass is 16.3. The van der Waals surface area contributed by atoms with Gasteiger partial charge in [0.05, 0.1) is 17.2 Å². The van der Waals surface area contributed by atoms with Crippen LogP contribution in [0.5, 0.6) is 0 Å². The molecule has 1 aromatic rings. The molecule has 1 fully saturated rings. The molecule has 2 aliphatic rings. The first-order valence-corrected chi connectivity index (χ1v) is 7.44. The van der Waals surface area contributed by atoms with Gasteiger partial charge in [0.2, 0.25) is 5.91 Å². The van der Waals surface area contributed by atoms with Crippen molar-refractivity contribution in [1.82, 2.24) is 9.80 Å². The largest absolute Gasteiger partial charge is 0.393 e. The van der Waals surface area contributed by atoms with Gasteiger partial charge < -0.3 is 10.0 Å². The van der Waals surface area contributed by atoms with Crippen molar-refractivity contribution >= 4 is 17.7 Å². The van der Waals surface area contributed by atoms with E-state index in [9.17, 15) is 19.5 Å². The Morgan fingerprint density at radius 2 is 1.64 bits per heavy atom. The van der Waals surface area contributed by atoms with Crippen LogP contribution in [0.1, 0.15) is 40.5 Å². The highest BCUT2D eigenvalue weighted by molar-refractivity contribution is 6.22. The number of benzene rings is 1. The topological polar surface area (TPSA) is 77.9 Å². The molecule has 2 heterocycles. The Morgan fingerprint density at radius 1 is 1.14 bits per heavy atom. The monoisotopic (exact) mass is 302 g/mol. The number of aliphatic hydroxyl groups is 1. The van der Waals surface area contributed by atoms with Crippen LogP contribution in [0.2, 0.25) is 0 Å². The van der Waals surface area contributed by atoms with Crippen molar-refractivity contribution < 1.29 is 19.5 Å². The number of imide groups is 1. The van der Waals surface area contributed by atoms with Crippen LogP contribution < -0.4 is 0 Å². The standard InChI is InChI=1S/C16H18N2O4/c1-10(14(20)17-8-6-11(19)7-9-17)18-15(21)12-4-2-3-5-13(12)16(18)22/h2-5,10-11,19H,6-9H2,1H3. The van der Waals surface area contributed by atoms with Crippen molar-refractivity contribution in [2.45, 2.75) is 31.9 Å². The number of likely N-dealkylation sites (tertiary alicyclic amines) is 1. The number of carbonyl (C=O) groups is 3. The highest BCUT2D eigenvalue weighted by Gasteiger charge is 2.41. The SMILES string of the molecule is CC(C(=O)N1CCC(O)CC1)N1C(=O)c2ccccc2C1=O. The first-order chi connectivity index (χ1) is 10.5. The molecule has 22 heavy (non-hydrogen) atoms. The number of carbonyl (C=O) groups excluding carboxylic acids is 3. The summed E-state index contributed by atoms with van der Waals surface area (Å²) in [6, 6.07) is 5.77. The van der Waals surface area contributed by atoms with Crippen LogP contribution in [0.15, 0.2) is 24.3 Å². The number of nitrogens with zero attached hydrogens (tertiary/aromatic N) is 2. The van der Waals surface area contributed by atoms with Crippen LogP contribution in [0.4, 0.5) is 0 Å². The maximum absolute atomic E-state index is 12.5. The van der Waals surface area contributed by atoms with E-state index >= 15 is 0 Å². The van der Waals surface area contributed by atoms with Gasteiger partial charge in [-0.15, -0.1) is 0 Å². The quantitative estimate of drug-likeness (QED) is 0.814. The molecular weight excluding hydrogens is 284 g/mol. The predicted octanol–water partition coefficient (Wildman–Crippen LogP) is 0.654. The molecular formula is C16H18N2O4. The summed E-state index contributed by atoms with van der Waals surface area (Å²) in [7, 11) is 0. The molecule has 0 radical (unpaired) electrons. The lowest BCUT2D eigenvalue weighted by molar-refractivity contribution is -0.136. The van der Waals surface area contributed by atoms with Gasteiger partial charge in [0.25, 0.3) is 11.8 Å². The third kappa shape index (κ3) is 2.29. The molecule has 6 nitrogen and oxygen atoms in total. The van der Waals surface area contributed by atoms with Crippen molar-refractivity contribution in [1.29, 1.82) is 0 Å². The van der Waals surface area contributed by atoms with Crippen molar-refractivity contribution in [3.8, 4) is 0 Å². The summed E-state index contributed by atoms with van der Waals surface area (Å²) in [6.45, 7) is 2.48. The average Bonchev–Trinajstić information content (AvgIpc) is 2.79. The van der Waals surface area contributed by atoms with Gasteiger partial charge in [-0.2, -0.15) is 0 Å². The molecule has 1 unspecified atom stereocenters. The van der Waals surface area contributed by atoms with Gasteiger partial charge in [-0.1, -0.05) is 12.1 Å². The zero-order valence-corrected chi connectivity index (χ0v) is 12.4. The Labute approximate surface area is 128 Å². The highest BCUT2D eigenvalue weighted by Crippen LogP contribution is 2.25. The molecule has 6 heteroatoms. The third-order valence-corrected chi connectivity index (χ3v) is 4.35. The summed E-state index contributed by atoms with van der Waals surface area (Å²) in [5.41, 5.74) is 0.697. The Kier molecular flexibility index (Phi) is 3.70. The van der Waals surface area contributed by atoms with E-state index in [2.05, 4.69) is 0 Å². The molecule has 0 saturated carbocycles. The second-order valence-electron chi connectivity index (χ2n) is 5.76. The summed E-state index contributed by atoms with van der Waals surface area (Å²) in [5.74, 6) is -1.08. The molecule has 1 atom stereocenters. The van der Waals surface area contributed by atoms with E-state index in [1.165, 1.54) is 0 Å². The third-order valence-electron chi connectivity index (χ3n) is 4.35. The van der Waals surface area contributed by atoms with Crippen molar-refractivity contribution in [2.75, 3.05) is 13.1 Å². The van der Waals surface area contributed by atoms with Gasteiger partial charge in [-0.05, 0) is 31.9 Å². The molecule has 0 aliphatic carbocycles. The van der Waals surface area contributed by atoms with Gasteiger partial charge in [0, 0.05) is 13.1 Å². The number of amides is 3. The first kappa shape index (κ1) is 14.7. The van der Waals surface area contributed by atoms with Gasteiger partial charge in [-0.3, -0.25) is 19.3 Å². The molecule has 0 aromatic heterocycles. The van der Waals surface area contributed by atoms with Crippen molar-refractivity contribution in [3.05, 3.63) is 35.4 Å². The van der Waals surface area contributed by atoms with E-state index in [0.717, 1.165) is 4.90 Å². The first-order valence-electron chi connectivity index (χ1n) is 7.44. The Bertz CT molecular complexity index is 600. The number of aliphatic hydroxyl groups excluding tert-OH is 1.